The molecule has 2 heterocycles. The quantitative estimate of drug-likeness (QED) is 0.868. The van der Waals surface area contributed by atoms with Gasteiger partial charge in [0.25, 0.3) is 0 Å². The van der Waals surface area contributed by atoms with Crippen LogP contribution in [0.15, 0.2) is 28.7 Å². The van der Waals surface area contributed by atoms with E-state index < -0.39 is 17.9 Å². The van der Waals surface area contributed by atoms with Gasteiger partial charge >= 0.3 is 5.97 Å². The zero-order valence-electron chi connectivity index (χ0n) is 12.4. The van der Waals surface area contributed by atoms with Gasteiger partial charge in [0.2, 0.25) is 11.8 Å². The summed E-state index contributed by atoms with van der Waals surface area (Å²) < 4.78 is 0.797. The fraction of sp³-hybridized carbons (Fsp3) is 0.438. The molecular weight excluding hydrogens is 364 g/mol. The first-order valence-corrected chi connectivity index (χ1v) is 8.36. The maximum Gasteiger partial charge on any atom is 0.326 e. The van der Waals surface area contributed by atoms with Gasteiger partial charge in [0.1, 0.15) is 6.04 Å². The molecule has 2 saturated heterocycles. The summed E-state index contributed by atoms with van der Waals surface area (Å²) in [6, 6.07) is 6.61. The molecule has 1 aromatic rings. The molecule has 122 valence electrons. The summed E-state index contributed by atoms with van der Waals surface area (Å²) in [5, 5.41) is 9.22. The summed E-state index contributed by atoms with van der Waals surface area (Å²) in [7, 11) is 0. The maximum absolute atomic E-state index is 12.6. The van der Waals surface area contributed by atoms with Crippen molar-refractivity contribution in [3.8, 4) is 0 Å². The number of rotatable bonds is 3. The summed E-state index contributed by atoms with van der Waals surface area (Å²) in [5.74, 6) is -1.78. The van der Waals surface area contributed by atoms with Gasteiger partial charge in [-0.3, -0.25) is 9.59 Å². The zero-order valence-corrected chi connectivity index (χ0v) is 14.0. The van der Waals surface area contributed by atoms with Crippen LogP contribution in [0.25, 0.3) is 0 Å². The molecule has 23 heavy (non-hydrogen) atoms. The first-order chi connectivity index (χ1) is 11.0. The van der Waals surface area contributed by atoms with E-state index in [1.54, 1.807) is 4.90 Å². The molecule has 2 aliphatic rings. The van der Waals surface area contributed by atoms with Crippen LogP contribution in [-0.2, 0) is 14.4 Å². The van der Waals surface area contributed by atoms with Crippen molar-refractivity contribution in [2.45, 2.75) is 25.3 Å². The van der Waals surface area contributed by atoms with Crippen molar-refractivity contribution in [3.05, 3.63) is 28.7 Å². The molecule has 6 nitrogen and oxygen atoms in total. The van der Waals surface area contributed by atoms with Crippen molar-refractivity contribution in [1.29, 1.82) is 0 Å². The number of anilines is 1. The van der Waals surface area contributed by atoms with E-state index >= 15 is 0 Å². The standard InChI is InChI=1S/C16H17BrN2O4/c17-11-4-1-2-5-12(11)19-9-10(8-14(19)20)15(21)18-7-3-6-13(18)16(22)23/h1-2,4-5,10,13H,3,6-9H2,(H,22,23). The number of benzene rings is 1. The third kappa shape index (κ3) is 2.97. The van der Waals surface area contributed by atoms with E-state index in [0.29, 0.717) is 25.9 Å². The number of carbonyl (C=O) groups excluding carboxylic acids is 2. The van der Waals surface area contributed by atoms with Gasteiger partial charge in [-0.1, -0.05) is 12.1 Å². The zero-order chi connectivity index (χ0) is 16.6. The smallest absolute Gasteiger partial charge is 0.326 e. The van der Waals surface area contributed by atoms with Crippen molar-refractivity contribution in [3.63, 3.8) is 0 Å². The molecule has 2 fully saturated rings. The average Bonchev–Trinajstić information content (AvgIpc) is 3.14. The first kappa shape index (κ1) is 16.0. The molecule has 0 saturated carbocycles. The second-order valence-electron chi connectivity index (χ2n) is 5.88. The normalized spacial score (nSPS) is 24.3. The van der Waals surface area contributed by atoms with Gasteiger partial charge in [0.05, 0.1) is 11.6 Å². The first-order valence-electron chi connectivity index (χ1n) is 7.57. The molecule has 2 amide bonds. The van der Waals surface area contributed by atoms with Crippen molar-refractivity contribution in [1.82, 2.24) is 4.90 Å². The van der Waals surface area contributed by atoms with Crippen molar-refractivity contribution < 1.29 is 19.5 Å². The highest BCUT2D eigenvalue weighted by Gasteiger charge is 2.42. The number of amides is 2. The molecule has 1 aromatic carbocycles. The molecule has 3 rings (SSSR count). The molecule has 1 N–H and O–H groups in total. The second kappa shape index (κ2) is 6.31. The highest BCUT2D eigenvalue weighted by molar-refractivity contribution is 9.10. The lowest BCUT2D eigenvalue weighted by molar-refractivity contribution is -0.149. The van der Waals surface area contributed by atoms with Crippen LogP contribution >= 0.6 is 15.9 Å². The van der Waals surface area contributed by atoms with Gasteiger partial charge in [0, 0.05) is 24.0 Å². The molecule has 0 spiro atoms. The molecular formula is C16H17BrN2O4. The monoisotopic (exact) mass is 380 g/mol. The Kier molecular flexibility index (Phi) is 4.39. The highest BCUT2D eigenvalue weighted by atomic mass is 79.9. The lowest BCUT2D eigenvalue weighted by Gasteiger charge is -2.24. The van der Waals surface area contributed by atoms with Crippen LogP contribution in [-0.4, -0.2) is 46.9 Å². The van der Waals surface area contributed by atoms with Crippen LogP contribution in [0.5, 0.6) is 0 Å². The second-order valence-corrected chi connectivity index (χ2v) is 6.74. The topological polar surface area (TPSA) is 77.9 Å². The minimum atomic E-state index is -0.970. The van der Waals surface area contributed by atoms with E-state index in [2.05, 4.69) is 15.9 Å². The lowest BCUT2D eigenvalue weighted by atomic mass is 10.1. The Bertz CT molecular complexity index is 663. The van der Waals surface area contributed by atoms with E-state index in [9.17, 15) is 19.5 Å². The van der Waals surface area contributed by atoms with Gasteiger partial charge in [-0.05, 0) is 40.9 Å². The van der Waals surface area contributed by atoms with Crippen molar-refractivity contribution >= 4 is 39.4 Å². The van der Waals surface area contributed by atoms with E-state index in [0.717, 1.165) is 10.2 Å². The minimum absolute atomic E-state index is 0.110. The van der Waals surface area contributed by atoms with Crippen LogP contribution in [0.4, 0.5) is 5.69 Å². The molecule has 2 unspecified atom stereocenters. The van der Waals surface area contributed by atoms with Crippen LogP contribution in [0.2, 0.25) is 0 Å². The summed E-state index contributed by atoms with van der Waals surface area (Å²) >= 11 is 3.42. The molecule has 2 aliphatic heterocycles. The van der Waals surface area contributed by atoms with Gasteiger partial charge in [-0.25, -0.2) is 4.79 Å². The lowest BCUT2D eigenvalue weighted by Crippen LogP contribution is -2.44. The average molecular weight is 381 g/mol. The third-order valence-corrected chi connectivity index (χ3v) is 5.11. The number of carboxylic acids is 1. The fourth-order valence-electron chi connectivity index (χ4n) is 3.30. The van der Waals surface area contributed by atoms with Gasteiger partial charge in [-0.2, -0.15) is 0 Å². The Hall–Kier alpha value is -1.89. The Balaban J connectivity index is 1.76. The number of para-hydroxylation sites is 1. The number of nitrogens with zero attached hydrogens (tertiary/aromatic N) is 2. The van der Waals surface area contributed by atoms with Crippen LogP contribution in [0.1, 0.15) is 19.3 Å². The molecule has 0 aromatic heterocycles. The minimum Gasteiger partial charge on any atom is -0.480 e. The fourth-order valence-corrected chi connectivity index (χ4v) is 3.80. The number of likely N-dealkylation sites (tertiary alicyclic amines) is 1. The molecule has 2 atom stereocenters. The van der Waals surface area contributed by atoms with E-state index in [1.165, 1.54) is 4.90 Å². The number of hydrogen-bond acceptors (Lipinski definition) is 3. The number of carbonyl (C=O) groups is 3. The molecule has 0 radical (unpaired) electrons. The molecule has 0 aliphatic carbocycles. The number of hydrogen-bond donors (Lipinski definition) is 1. The summed E-state index contributed by atoms with van der Waals surface area (Å²) in [6.45, 7) is 0.749. The predicted molar refractivity (Wildman–Crippen MR) is 87.0 cm³/mol. The Morgan fingerprint density at radius 3 is 2.70 bits per heavy atom. The number of aliphatic carboxylic acids is 1. The molecule has 7 heteroatoms. The SMILES string of the molecule is O=C(O)C1CCCN1C(=O)C1CC(=O)N(c2ccccc2Br)C1. The largest absolute Gasteiger partial charge is 0.480 e. The maximum atomic E-state index is 12.6. The van der Waals surface area contributed by atoms with Crippen molar-refractivity contribution in [2.75, 3.05) is 18.0 Å². The summed E-state index contributed by atoms with van der Waals surface area (Å²) in [6.07, 6.45) is 1.30. The van der Waals surface area contributed by atoms with Crippen LogP contribution in [0, 0.1) is 5.92 Å². The van der Waals surface area contributed by atoms with E-state index in [1.807, 2.05) is 24.3 Å². The van der Waals surface area contributed by atoms with E-state index in [4.69, 9.17) is 0 Å². The third-order valence-electron chi connectivity index (χ3n) is 4.44. The van der Waals surface area contributed by atoms with Crippen LogP contribution in [0.3, 0.4) is 0 Å². The Morgan fingerprint density at radius 2 is 2.00 bits per heavy atom. The van der Waals surface area contributed by atoms with Crippen LogP contribution < -0.4 is 4.90 Å². The summed E-state index contributed by atoms with van der Waals surface area (Å²) in [4.78, 5) is 39.2. The van der Waals surface area contributed by atoms with Crippen molar-refractivity contribution in [2.24, 2.45) is 5.92 Å². The highest BCUT2D eigenvalue weighted by Crippen LogP contribution is 2.32. The number of carboxylic acid groups (broad SMARTS) is 1. The number of halogens is 1. The Labute approximate surface area is 142 Å². The van der Waals surface area contributed by atoms with Gasteiger partial charge in [-0.15, -0.1) is 0 Å². The predicted octanol–water partition coefficient (Wildman–Crippen LogP) is 1.88. The van der Waals surface area contributed by atoms with E-state index in [-0.39, 0.29) is 18.2 Å². The summed E-state index contributed by atoms with van der Waals surface area (Å²) in [5.41, 5.74) is 0.740. The van der Waals surface area contributed by atoms with Gasteiger partial charge < -0.3 is 14.9 Å². The molecule has 0 bridgehead atoms. The van der Waals surface area contributed by atoms with Gasteiger partial charge in [0.15, 0.2) is 0 Å². The Morgan fingerprint density at radius 1 is 1.26 bits per heavy atom.